The van der Waals surface area contributed by atoms with E-state index in [0.29, 0.717) is 0 Å². The first-order valence-electron chi connectivity index (χ1n) is 8.02. The average Bonchev–Trinajstić information content (AvgIpc) is 3.12. The number of hydrogen-bond donors (Lipinski definition) is 1. The number of nitrogens with zero attached hydrogens (tertiary/aromatic N) is 2. The van der Waals surface area contributed by atoms with Gasteiger partial charge in [-0.2, -0.15) is 0 Å². The SMILES string of the molecule is NC(=O)C(Sc1ncnc2scc(-c3ccccc3)c12)c1ccccc1. The van der Waals surface area contributed by atoms with Crippen molar-refractivity contribution in [3.63, 3.8) is 0 Å². The highest BCUT2D eigenvalue weighted by atomic mass is 32.2. The summed E-state index contributed by atoms with van der Waals surface area (Å²) < 4.78 is 0. The van der Waals surface area contributed by atoms with Crippen molar-refractivity contribution in [2.24, 2.45) is 5.73 Å². The van der Waals surface area contributed by atoms with Gasteiger partial charge in [-0.1, -0.05) is 72.4 Å². The summed E-state index contributed by atoms with van der Waals surface area (Å²) >= 11 is 2.95. The van der Waals surface area contributed by atoms with Crippen LogP contribution in [0.3, 0.4) is 0 Å². The molecule has 4 rings (SSSR count). The molecule has 0 radical (unpaired) electrons. The zero-order valence-corrected chi connectivity index (χ0v) is 15.3. The minimum Gasteiger partial charge on any atom is -0.368 e. The number of primary amides is 1. The van der Waals surface area contributed by atoms with Gasteiger partial charge in [-0.25, -0.2) is 9.97 Å². The molecule has 0 aliphatic heterocycles. The first-order valence-corrected chi connectivity index (χ1v) is 9.78. The molecule has 26 heavy (non-hydrogen) atoms. The number of nitrogens with two attached hydrogens (primary N) is 1. The molecule has 1 atom stereocenters. The van der Waals surface area contributed by atoms with Gasteiger partial charge in [-0.3, -0.25) is 4.79 Å². The maximum atomic E-state index is 12.1. The summed E-state index contributed by atoms with van der Waals surface area (Å²) in [6.07, 6.45) is 1.54. The molecule has 2 aromatic heterocycles. The fourth-order valence-electron chi connectivity index (χ4n) is 2.80. The van der Waals surface area contributed by atoms with Gasteiger partial charge in [0.15, 0.2) is 0 Å². The van der Waals surface area contributed by atoms with Gasteiger partial charge in [0, 0.05) is 10.9 Å². The number of hydrogen-bond acceptors (Lipinski definition) is 5. The third-order valence-electron chi connectivity index (χ3n) is 4.01. The predicted molar refractivity (Wildman–Crippen MR) is 107 cm³/mol. The summed E-state index contributed by atoms with van der Waals surface area (Å²) in [6.45, 7) is 0. The molecule has 0 aliphatic carbocycles. The second-order valence-electron chi connectivity index (χ2n) is 5.69. The van der Waals surface area contributed by atoms with E-state index in [9.17, 15) is 4.79 Å². The number of benzene rings is 2. The van der Waals surface area contributed by atoms with E-state index in [0.717, 1.165) is 31.9 Å². The first kappa shape index (κ1) is 16.8. The summed E-state index contributed by atoms with van der Waals surface area (Å²) in [4.78, 5) is 21.8. The lowest BCUT2D eigenvalue weighted by Gasteiger charge is -2.14. The second kappa shape index (κ2) is 7.27. The van der Waals surface area contributed by atoms with E-state index < -0.39 is 5.25 Å². The molecule has 2 heterocycles. The fourth-order valence-corrected chi connectivity index (χ4v) is 4.84. The van der Waals surface area contributed by atoms with E-state index in [-0.39, 0.29) is 5.91 Å². The quantitative estimate of drug-likeness (QED) is 0.405. The number of thioether (sulfide) groups is 1. The summed E-state index contributed by atoms with van der Waals surface area (Å²) in [5.41, 5.74) is 8.73. The van der Waals surface area contributed by atoms with Gasteiger partial charge < -0.3 is 5.73 Å². The number of thiophene rings is 1. The van der Waals surface area contributed by atoms with Crippen LogP contribution in [0, 0.1) is 0 Å². The lowest BCUT2D eigenvalue weighted by molar-refractivity contribution is -0.117. The van der Waals surface area contributed by atoms with Crippen LogP contribution in [0.4, 0.5) is 0 Å². The van der Waals surface area contributed by atoms with Crippen molar-refractivity contribution in [3.05, 3.63) is 77.9 Å². The van der Waals surface area contributed by atoms with Crippen molar-refractivity contribution < 1.29 is 4.79 Å². The Morgan fingerprint density at radius 2 is 1.69 bits per heavy atom. The second-order valence-corrected chi connectivity index (χ2v) is 7.64. The number of rotatable bonds is 5. The lowest BCUT2D eigenvalue weighted by Crippen LogP contribution is -2.19. The van der Waals surface area contributed by atoms with Gasteiger partial charge in [0.05, 0.1) is 5.39 Å². The van der Waals surface area contributed by atoms with Crippen molar-refractivity contribution in [2.45, 2.75) is 10.3 Å². The Balaban J connectivity index is 1.81. The predicted octanol–water partition coefficient (Wildman–Crippen LogP) is 4.68. The van der Waals surface area contributed by atoms with E-state index in [1.807, 2.05) is 48.5 Å². The number of fused-ring (bicyclic) bond motifs is 1. The summed E-state index contributed by atoms with van der Waals surface area (Å²) in [5.74, 6) is -0.385. The van der Waals surface area contributed by atoms with E-state index in [2.05, 4.69) is 27.5 Å². The highest BCUT2D eigenvalue weighted by Crippen LogP contribution is 2.42. The van der Waals surface area contributed by atoms with Gasteiger partial charge in [-0.05, 0) is 11.1 Å². The van der Waals surface area contributed by atoms with E-state index in [1.54, 1.807) is 17.7 Å². The molecule has 1 amide bonds. The number of amides is 1. The Morgan fingerprint density at radius 3 is 2.38 bits per heavy atom. The van der Waals surface area contributed by atoms with E-state index >= 15 is 0 Å². The first-order chi connectivity index (χ1) is 12.7. The standard InChI is InChI=1S/C20H15N3OS2/c21-18(24)17(14-9-5-2-6-10-14)26-20-16-15(13-7-3-1-4-8-13)11-25-19(16)22-12-23-20/h1-12,17H,(H2,21,24). The molecule has 128 valence electrons. The molecule has 1 unspecified atom stereocenters. The van der Waals surface area contributed by atoms with Crippen LogP contribution in [0.25, 0.3) is 21.3 Å². The third kappa shape index (κ3) is 3.21. The minimum atomic E-state index is -0.502. The summed E-state index contributed by atoms with van der Waals surface area (Å²) in [7, 11) is 0. The molecule has 0 saturated carbocycles. The van der Waals surface area contributed by atoms with Crippen LogP contribution in [0.2, 0.25) is 0 Å². The number of carbonyl (C=O) groups excluding carboxylic acids is 1. The van der Waals surface area contributed by atoms with Crippen LogP contribution < -0.4 is 5.73 Å². The third-order valence-corrected chi connectivity index (χ3v) is 6.17. The van der Waals surface area contributed by atoms with Crippen LogP contribution in [0.15, 0.2) is 77.4 Å². The molecule has 6 heteroatoms. The number of aromatic nitrogens is 2. The molecule has 2 aromatic carbocycles. The smallest absolute Gasteiger partial charge is 0.235 e. The van der Waals surface area contributed by atoms with Crippen LogP contribution in [-0.4, -0.2) is 15.9 Å². The van der Waals surface area contributed by atoms with Crippen LogP contribution >= 0.6 is 23.1 Å². The van der Waals surface area contributed by atoms with Crippen LogP contribution in [0.1, 0.15) is 10.8 Å². The van der Waals surface area contributed by atoms with Crippen molar-refractivity contribution in [1.82, 2.24) is 9.97 Å². The van der Waals surface area contributed by atoms with Gasteiger partial charge in [0.1, 0.15) is 21.4 Å². The van der Waals surface area contributed by atoms with Crippen LogP contribution in [-0.2, 0) is 4.79 Å². The normalized spacial score (nSPS) is 12.2. The van der Waals surface area contributed by atoms with E-state index in [4.69, 9.17) is 5.73 Å². The Hall–Kier alpha value is -2.70. The molecule has 0 aliphatic rings. The maximum Gasteiger partial charge on any atom is 0.235 e. The Morgan fingerprint density at radius 1 is 1.00 bits per heavy atom. The molecule has 0 spiro atoms. The molecule has 2 N–H and O–H groups in total. The molecular formula is C20H15N3OS2. The molecular weight excluding hydrogens is 362 g/mol. The molecule has 0 fully saturated rings. The minimum absolute atomic E-state index is 0.385. The molecule has 0 bridgehead atoms. The van der Waals surface area contributed by atoms with Crippen molar-refractivity contribution in [2.75, 3.05) is 0 Å². The Kier molecular flexibility index (Phi) is 4.69. The van der Waals surface area contributed by atoms with Gasteiger partial charge in [0.2, 0.25) is 5.91 Å². The molecule has 4 aromatic rings. The summed E-state index contributed by atoms with van der Waals surface area (Å²) in [5, 5.41) is 3.32. The van der Waals surface area contributed by atoms with Crippen molar-refractivity contribution >= 4 is 39.2 Å². The molecule has 0 saturated heterocycles. The van der Waals surface area contributed by atoms with E-state index in [1.165, 1.54) is 11.8 Å². The van der Waals surface area contributed by atoms with Crippen LogP contribution in [0.5, 0.6) is 0 Å². The van der Waals surface area contributed by atoms with Gasteiger partial charge >= 0.3 is 0 Å². The Bertz CT molecular complexity index is 1050. The van der Waals surface area contributed by atoms with Gasteiger partial charge in [-0.15, -0.1) is 11.3 Å². The van der Waals surface area contributed by atoms with Crippen molar-refractivity contribution in [1.29, 1.82) is 0 Å². The van der Waals surface area contributed by atoms with Crippen molar-refractivity contribution in [3.8, 4) is 11.1 Å². The topological polar surface area (TPSA) is 68.9 Å². The lowest BCUT2D eigenvalue weighted by atomic mass is 10.1. The highest BCUT2D eigenvalue weighted by Gasteiger charge is 2.23. The zero-order chi connectivity index (χ0) is 17.9. The van der Waals surface area contributed by atoms with Gasteiger partial charge in [0.25, 0.3) is 0 Å². The monoisotopic (exact) mass is 377 g/mol. The highest BCUT2D eigenvalue weighted by molar-refractivity contribution is 8.00. The molecule has 4 nitrogen and oxygen atoms in total. The number of carbonyl (C=O) groups is 1. The maximum absolute atomic E-state index is 12.1. The largest absolute Gasteiger partial charge is 0.368 e. The zero-order valence-electron chi connectivity index (χ0n) is 13.7. The fraction of sp³-hybridized carbons (Fsp3) is 0.0500. The Labute approximate surface area is 159 Å². The summed E-state index contributed by atoms with van der Waals surface area (Å²) in [6, 6.07) is 19.7. The average molecular weight is 377 g/mol.